The number of hydrogen-bond donors (Lipinski definition) is 1. The molecule has 2 fully saturated rings. The van der Waals surface area contributed by atoms with Crippen LogP contribution < -0.4 is 4.74 Å². The lowest BCUT2D eigenvalue weighted by Crippen LogP contribution is -2.40. The Balaban J connectivity index is 1.07. The molecule has 0 bridgehead atoms. The van der Waals surface area contributed by atoms with E-state index in [-0.39, 0.29) is 12.5 Å². The number of β-amino-alcohol motifs (C(OH)–C–C–N with tert-alkyl or cyclic N) is 1. The maximum Gasteiger partial charge on any atom is 0.222 e. The molecule has 2 aliphatic heterocycles. The zero-order chi connectivity index (χ0) is 23.3. The number of rotatable bonds is 8. The van der Waals surface area contributed by atoms with Crippen LogP contribution in [0, 0.1) is 0 Å². The summed E-state index contributed by atoms with van der Waals surface area (Å²) in [6.07, 6.45) is 3.30. The van der Waals surface area contributed by atoms with Gasteiger partial charge in [-0.15, -0.1) is 0 Å². The number of likely N-dealkylation sites (tertiary alicyclic amines) is 2. The van der Waals surface area contributed by atoms with Gasteiger partial charge in [0.05, 0.1) is 0 Å². The first kappa shape index (κ1) is 22.9. The highest BCUT2D eigenvalue weighted by molar-refractivity contribution is 5.83. The topological polar surface area (TPSA) is 53.0 Å². The van der Waals surface area contributed by atoms with Gasteiger partial charge in [0, 0.05) is 26.1 Å². The summed E-state index contributed by atoms with van der Waals surface area (Å²) in [6.45, 7) is 4.36. The smallest absolute Gasteiger partial charge is 0.222 e. The number of carbonyl (C=O) groups excluding carboxylic acids is 1. The molecule has 34 heavy (non-hydrogen) atoms. The van der Waals surface area contributed by atoms with Crippen LogP contribution in [-0.4, -0.2) is 59.7 Å². The van der Waals surface area contributed by atoms with Crippen LogP contribution >= 0.6 is 0 Å². The van der Waals surface area contributed by atoms with Gasteiger partial charge in [0.25, 0.3) is 0 Å². The second-order valence-corrected chi connectivity index (χ2v) is 9.71. The van der Waals surface area contributed by atoms with Crippen molar-refractivity contribution in [3.63, 3.8) is 0 Å². The van der Waals surface area contributed by atoms with Crippen LogP contribution in [0.25, 0.3) is 10.8 Å². The molecular formula is C29H34N2O3. The Hall–Kier alpha value is -2.89. The standard InChI is InChI=1S/C29H34N2O3/c32-27(21-34-28-8-3-5-22(17-28)19-31-14-4-9-29(31)33)20-30-15-12-24(13-16-30)26-11-10-23-6-1-2-7-25(23)18-26/h1-3,5-8,10-11,17-18,24,27,32H,4,9,12-16,19-21H2. The van der Waals surface area contributed by atoms with Crippen molar-refractivity contribution in [3.05, 3.63) is 77.9 Å². The van der Waals surface area contributed by atoms with Crippen LogP contribution in [-0.2, 0) is 11.3 Å². The third kappa shape index (κ3) is 5.60. The van der Waals surface area contributed by atoms with E-state index in [1.54, 1.807) is 0 Å². The lowest BCUT2D eigenvalue weighted by atomic mass is 9.88. The van der Waals surface area contributed by atoms with Crippen LogP contribution in [0.1, 0.15) is 42.7 Å². The molecule has 1 N–H and O–H groups in total. The molecule has 1 amide bonds. The van der Waals surface area contributed by atoms with Crippen LogP contribution in [0.4, 0.5) is 0 Å². The number of aliphatic hydroxyl groups is 1. The minimum Gasteiger partial charge on any atom is -0.491 e. The van der Waals surface area contributed by atoms with Gasteiger partial charge in [-0.2, -0.15) is 0 Å². The van der Waals surface area contributed by atoms with E-state index in [1.165, 1.54) is 16.3 Å². The average Bonchev–Trinajstić information content (AvgIpc) is 3.27. The minimum absolute atomic E-state index is 0.228. The van der Waals surface area contributed by atoms with Gasteiger partial charge in [0.2, 0.25) is 5.91 Å². The third-order valence-corrected chi connectivity index (χ3v) is 7.19. The Morgan fingerprint density at radius 3 is 2.56 bits per heavy atom. The largest absolute Gasteiger partial charge is 0.491 e. The number of ether oxygens (including phenoxy) is 1. The summed E-state index contributed by atoms with van der Waals surface area (Å²) in [6, 6.07) is 23.3. The lowest BCUT2D eigenvalue weighted by Gasteiger charge is -2.33. The molecule has 5 heteroatoms. The number of amides is 1. The Labute approximate surface area is 201 Å². The monoisotopic (exact) mass is 458 g/mol. The molecule has 178 valence electrons. The highest BCUT2D eigenvalue weighted by Crippen LogP contribution is 2.30. The molecule has 2 heterocycles. The van der Waals surface area contributed by atoms with Gasteiger partial charge in [-0.05, 0) is 72.3 Å². The van der Waals surface area contributed by atoms with Crippen LogP contribution in [0.5, 0.6) is 5.75 Å². The van der Waals surface area contributed by atoms with Crippen molar-refractivity contribution in [2.75, 3.05) is 32.8 Å². The molecule has 3 aromatic carbocycles. The van der Waals surface area contributed by atoms with Crippen LogP contribution in [0.2, 0.25) is 0 Å². The number of benzene rings is 3. The van der Waals surface area contributed by atoms with E-state index < -0.39 is 6.10 Å². The van der Waals surface area contributed by atoms with Crippen molar-refractivity contribution in [3.8, 4) is 5.75 Å². The van der Waals surface area contributed by atoms with E-state index >= 15 is 0 Å². The van der Waals surface area contributed by atoms with E-state index in [0.717, 1.165) is 50.2 Å². The van der Waals surface area contributed by atoms with E-state index in [4.69, 9.17) is 4.74 Å². The maximum absolute atomic E-state index is 11.9. The lowest BCUT2D eigenvalue weighted by molar-refractivity contribution is -0.128. The molecule has 3 aromatic rings. The minimum atomic E-state index is -0.527. The van der Waals surface area contributed by atoms with Gasteiger partial charge in [0.1, 0.15) is 18.5 Å². The highest BCUT2D eigenvalue weighted by atomic mass is 16.5. The van der Waals surface area contributed by atoms with Crippen molar-refractivity contribution in [1.29, 1.82) is 0 Å². The van der Waals surface area contributed by atoms with Crippen LogP contribution in [0.15, 0.2) is 66.7 Å². The van der Waals surface area contributed by atoms with Crippen molar-refractivity contribution >= 4 is 16.7 Å². The quantitative estimate of drug-likeness (QED) is 0.537. The van der Waals surface area contributed by atoms with E-state index in [0.29, 0.717) is 25.4 Å². The average molecular weight is 459 g/mol. The summed E-state index contributed by atoms with van der Waals surface area (Å²) in [4.78, 5) is 16.1. The number of hydrogen-bond acceptors (Lipinski definition) is 4. The molecular weight excluding hydrogens is 424 g/mol. The molecule has 1 unspecified atom stereocenters. The number of fused-ring (bicyclic) bond motifs is 1. The molecule has 2 aliphatic rings. The summed E-state index contributed by atoms with van der Waals surface area (Å²) < 4.78 is 5.89. The molecule has 0 aliphatic carbocycles. The van der Waals surface area contributed by atoms with Crippen molar-refractivity contribution < 1.29 is 14.6 Å². The summed E-state index contributed by atoms with van der Waals surface area (Å²) >= 11 is 0. The Morgan fingerprint density at radius 2 is 1.76 bits per heavy atom. The molecule has 2 saturated heterocycles. The van der Waals surface area contributed by atoms with E-state index in [2.05, 4.69) is 47.4 Å². The SMILES string of the molecule is O=C1CCCN1Cc1cccc(OCC(O)CN2CCC(c3ccc4ccccc4c3)CC2)c1. The Morgan fingerprint density at radius 1 is 0.941 bits per heavy atom. The second-order valence-electron chi connectivity index (χ2n) is 9.71. The fourth-order valence-electron chi connectivity index (χ4n) is 5.28. The van der Waals surface area contributed by atoms with E-state index in [1.807, 2.05) is 29.2 Å². The van der Waals surface area contributed by atoms with E-state index in [9.17, 15) is 9.90 Å². The normalized spacial score (nSPS) is 18.5. The van der Waals surface area contributed by atoms with Gasteiger partial charge in [0.15, 0.2) is 0 Å². The first-order valence-electron chi connectivity index (χ1n) is 12.5. The summed E-state index contributed by atoms with van der Waals surface area (Å²) in [7, 11) is 0. The zero-order valence-electron chi connectivity index (χ0n) is 19.7. The van der Waals surface area contributed by atoms with Gasteiger partial charge in [-0.25, -0.2) is 0 Å². The molecule has 0 saturated carbocycles. The Bertz CT molecular complexity index is 1120. The molecule has 5 rings (SSSR count). The molecule has 5 nitrogen and oxygen atoms in total. The van der Waals surface area contributed by atoms with Gasteiger partial charge < -0.3 is 19.6 Å². The first-order chi connectivity index (χ1) is 16.6. The predicted octanol–water partition coefficient (Wildman–Crippen LogP) is 4.58. The second kappa shape index (κ2) is 10.6. The first-order valence-corrected chi connectivity index (χ1v) is 12.5. The number of nitrogens with zero attached hydrogens (tertiary/aromatic N) is 2. The summed E-state index contributed by atoms with van der Waals surface area (Å²) in [5.74, 6) is 1.56. The molecule has 0 aromatic heterocycles. The number of carbonyl (C=O) groups is 1. The van der Waals surface area contributed by atoms with Crippen LogP contribution in [0.3, 0.4) is 0 Å². The fraction of sp³-hybridized carbons (Fsp3) is 0.414. The zero-order valence-corrected chi connectivity index (χ0v) is 19.7. The molecule has 0 radical (unpaired) electrons. The Kier molecular flexibility index (Phi) is 7.12. The van der Waals surface area contributed by atoms with Crippen molar-refractivity contribution in [2.24, 2.45) is 0 Å². The van der Waals surface area contributed by atoms with Crippen molar-refractivity contribution in [1.82, 2.24) is 9.80 Å². The van der Waals surface area contributed by atoms with Crippen molar-refractivity contribution in [2.45, 2.75) is 44.2 Å². The van der Waals surface area contributed by atoms with Gasteiger partial charge >= 0.3 is 0 Å². The number of aliphatic hydroxyl groups excluding tert-OH is 1. The van der Waals surface area contributed by atoms with Gasteiger partial charge in [-0.1, -0.05) is 54.6 Å². The molecule has 1 atom stereocenters. The highest BCUT2D eigenvalue weighted by Gasteiger charge is 2.23. The summed E-state index contributed by atoms with van der Waals surface area (Å²) in [5, 5.41) is 13.2. The molecule has 0 spiro atoms. The summed E-state index contributed by atoms with van der Waals surface area (Å²) in [5.41, 5.74) is 2.50. The fourth-order valence-corrected chi connectivity index (χ4v) is 5.28. The van der Waals surface area contributed by atoms with Gasteiger partial charge in [-0.3, -0.25) is 4.79 Å². The third-order valence-electron chi connectivity index (χ3n) is 7.19. The maximum atomic E-state index is 11.9. The predicted molar refractivity (Wildman–Crippen MR) is 135 cm³/mol. The number of piperidine rings is 1.